The first-order chi connectivity index (χ1) is 11.0. The standard InChI is InChI=1S/C17H22N2O3S/c1-2-12-4-3-5-15-13(10-19-16(12)15)6-8-18-17(20)14-7-9-23(21,22)11-14/h3-5,10,14,19H,2,6-9,11H2,1H3,(H,18,20). The maximum absolute atomic E-state index is 12.0. The van der Waals surface area contributed by atoms with E-state index in [9.17, 15) is 13.2 Å². The number of sulfone groups is 1. The summed E-state index contributed by atoms with van der Waals surface area (Å²) in [5.41, 5.74) is 3.63. The van der Waals surface area contributed by atoms with E-state index in [4.69, 9.17) is 0 Å². The van der Waals surface area contributed by atoms with Crippen LogP contribution in [-0.4, -0.2) is 37.4 Å². The fourth-order valence-corrected chi connectivity index (χ4v) is 4.98. The Morgan fingerprint density at radius 3 is 2.87 bits per heavy atom. The van der Waals surface area contributed by atoms with Gasteiger partial charge in [0.05, 0.1) is 17.4 Å². The van der Waals surface area contributed by atoms with Crippen LogP contribution in [-0.2, 0) is 27.5 Å². The van der Waals surface area contributed by atoms with E-state index in [1.54, 1.807) is 0 Å². The van der Waals surface area contributed by atoms with Gasteiger partial charge in [-0.3, -0.25) is 4.79 Å². The largest absolute Gasteiger partial charge is 0.361 e. The molecule has 1 atom stereocenters. The molecule has 1 aliphatic heterocycles. The first-order valence-electron chi connectivity index (χ1n) is 8.06. The van der Waals surface area contributed by atoms with Gasteiger partial charge in [-0.2, -0.15) is 0 Å². The van der Waals surface area contributed by atoms with E-state index in [1.807, 2.05) is 6.20 Å². The summed E-state index contributed by atoms with van der Waals surface area (Å²) in [6, 6.07) is 6.26. The normalized spacial score (nSPS) is 20.0. The fraction of sp³-hybridized carbons (Fsp3) is 0.471. The molecule has 6 heteroatoms. The molecule has 5 nitrogen and oxygen atoms in total. The van der Waals surface area contributed by atoms with E-state index in [0.29, 0.717) is 13.0 Å². The van der Waals surface area contributed by atoms with Gasteiger partial charge in [0.2, 0.25) is 5.91 Å². The summed E-state index contributed by atoms with van der Waals surface area (Å²) < 4.78 is 22.9. The number of amides is 1. The lowest BCUT2D eigenvalue weighted by Gasteiger charge is -2.09. The van der Waals surface area contributed by atoms with Gasteiger partial charge in [0.25, 0.3) is 0 Å². The van der Waals surface area contributed by atoms with Crippen molar-refractivity contribution in [3.05, 3.63) is 35.5 Å². The molecule has 0 aliphatic carbocycles. The lowest BCUT2D eigenvalue weighted by Crippen LogP contribution is -2.32. The molecule has 1 aromatic heterocycles. The van der Waals surface area contributed by atoms with Crippen LogP contribution in [0, 0.1) is 5.92 Å². The first kappa shape index (κ1) is 16.1. The molecule has 2 N–H and O–H groups in total. The number of aromatic amines is 1. The Morgan fingerprint density at radius 1 is 1.35 bits per heavy atom. The second kappa shape index (κ2) is 6.35. The lowest BCUT2D eigenvalue weighted by molar-refractivity contribution is -0.124. The minimum absolute atomic E-state index is 0.00816. The van der Waals surface area contributed by atoms with Crippen LogP contribution in [0.5, 0.6) is 0 Å². The summed E-state index contributed by atoms with van der Waals surface area (Å²) >= 11 is 0. The fourth-order valence-electron chi connectivity index (χ4n) is 3.24. The van der Waals surface area contributed by atoms with E-state index in [-0.39, 0.29) is 23.3 Å². The molecular weight excluding hydrogens is 312 g/mol. The van der Waals surface area contributed by atoms with Crippen LogP contribution in [0.15, 0.2) is 24.4 Å². The van der Waals surface area contributed by atoms with Crippen molar-refractivity contribution in [1.82, 2.24) is 10.3 Å². The van der Waals surface area contributed by atoms with Gasteiger partial charge in [0.1, 0.15) is 0 Å². The van der Waals surface area contributed by atoms with Crippen molar-refractivity contribution in [1.29, 1.82) is 0 Å². The zero-order valence-corrected chi connectivity index (χ0v) is 14.1. The van der Waals surface area contributed by atoms with Gasteiger partial charge >= 0.3 is 0 Å². The Hall–Kier alpha value is -1.82. The third kappa shape index (κ3) is 3.42. The number of H-pyrrole nitrogens is 1. The summed E-state index contributed by atoms with van der Waals surface area (Å²) in [6.07, 6.45) is 4.15. The molecule has 0 bridgehead atoms. The SMILES string of the molecule is CCc1cccc2c(CCNC(=O)C3CCS(=O)(=O)C3)c[nH]c12. The van der Waals surface area contributed by atoms with Crippen molar-refractivity contribution in [3.63, 3.8) is 0 Å². The van der Waals surface area contributed by atoms with Crippen LogP contribution < -0.4 is 5.32 Å². The third-order valence-corrected chi connectivity index (χ3v) is 6.33. The molecule has 1 unspecified atom stereocenters. The number of fused-ring (bicyclic) bond motifs is 1. The van der Waals surface area contributed by atoms with Crippen molar-refractivity contribution in [2.45, 2.75) is 26.2 Å². The number of aromatic nitrogens is 1. The number of rotatable bonds is 5. The van der Waals surface area contributed by atoms with Crippen LogP contribution in [0.4, 0.5) is 0 Å². The summed E-state index contributed by atoms with van der Waals surface area (Å²) in [4.78, 5) is 15.4. The third-order valence-electron chi connectivity index (χ3n) is 4.57. The maximum Gasteiger partial charge on any atom is 0.224 e. The van der Waals surface area contributed by atoms with E-state index in [1.165, 1.54) is 22.0 Å². The molecule has 3 rings (SSSR count). The molecule has 1 fully saturated rings. The number of nitrogens with one attached hydrogen (secondary N) is 2. The predicted molar refractivity (Wildman–Crippen MR) is 91.2 cm³/mol. The van der Waals surface area contributed by atoms with Gasteiger partial charge in [0.15, 0.2) is 9.84 Å². The quantitative estimate of drug-likeness (QED) is 0.875. The Morgan fingerprint density at radius 2 is 2.17 bits per heavy atom. The highest BCUT2D eigenvalue weighted by atomic mass is 32.2. The molecular formula is C17H22N2O3S. The molecule has 2 aromatic rings. The summed E-state index contributed by atoms with van der Waals surface area (Å²) in [7, 11) is -3.01. The molecule has 1 aromatic carbocycles. The van der Waals surface area contributed by atoms with Crippen molar-refractivity contribution in [3.8, 4) is 0 Å². The van der Waals surface area contributed by atoms with E-state index < -0.39 is 9.84 Å². The van der Waals surface area contributed by atoms with E-state index in [2.05, 4.69) is 35.4 Å². The predicted octanol–water partition coefficient (Wildman–Crippen LogP) is 1.82. The van der Waals surface area contributed by atoms with Crippen LogP contribution >= 0.6 is 0 Å². The average Bonchev–Trinajstić information content (AvgIpc) is 3.10. The number of aryl methyl sites for hydroxylation is 1. The van der Waals surface area contributed by atoms with Gasteiger partial charge in [-0.15, -0.1) is 0 Å². The Kier molecular flexibility index (Phi) is 4.43. The molecule has 0 spiro atoms. The number of carbonyl (C=O) groups excluding carboxylic acids is 1. The van der Waals surface area contributed by atoms with Gasteiger partial charge in [-0.25, -0.2) is 8.42 Å². The minimum Gasteiger partial charge on any atom is -0.361 e. The maximum atomic E-state index is 12.0. The van der Waals surface area contributed by atoms with E-state index in [0.717, 1.165) is 12.8 Å². The lowest BCUT2D eigenvalue weighted by atomic mass is 10.1. The summed E-state index contributed by atoms with van der Waals surface area (Å²) in [6.45, 7) is 2.66. The highest BCUT2D eigenvalue weighted by Gasteiger charge is 2.32. The number of hydrogen-bond acceptors (Lipinski definition) is 3. The Balaban J connectivity index is 1.60. The molecule has 23 heavy (non-hydrogen) atoms. The molecule has 2 heterocycles. The minimum atomic E-state index is -3.01. The summed E-state index contributed by atoms with van der Waals surface area (Å²) in [5.74, 6) is -0.395. The van der Waals surface area contributed by atoms with Crippen LogP contribution in [0.2, 0.25) is 0 Å². The van der Waals surface area contributed by atoms with Crippen LogP contribution in [0.1, 0.15) is 24.5 Å². The van der Waals surface area contributed by atoms with Crippen molar-refractivity contribution >= 4 is 26.6 Å². The second-order valence-corrected chi connectivity index (χ2v) is 8.38. The van der Waals surface area contributed by atoms with Crippen molar-refractivity contribution < 1.29 is 13.2 Å². The van der Waals surface area contributed by atoms with Gasteiger partial charge in [-0.1, -0.05) is 25.1 Å². The number of benzene rings is 1. The highest BCUT2D eigenvalue weighted by Crippen LogP contribution is 2.22. The Labute approximate surface area is 136 Å². The van der Waals surface area contributed by atoms with Gasteiger partial charge in [0, 0.05) is 23.6 Å². The van der Waals surface area contributed by atoms with Gasteiger partial charge < -0.3 is 10.3 Å². The van der Waals surface area contributed by atoms with Crippen LogP contribution in [0.25, 0.3) is 10.9 Å². The molecule has 0 radical (unpaired) electrons. The topological polar surface area (TPSA) is 79.0 Å². The summed E-state index contributed by atoms with van der Waals surface area (Å²) in [5, 5.41) is 4.07. The number of hydrogen-bond donors (Lipinski definition) is 2. The van der Waals surface area contributed by atoms with Crippen molar-refractivity contribution in [2.75, 3.05) is 18.1 Å². The molecule has 124 valence electrons. The number of carbonyl (C=O) groups is 1. The monoisotopic (exact) mass is 334 g/mol. The van der Waals surface area contributed by atoms with Crippen molar-refractivity contribution in [2.24, 2.45) is 5.92 Å². The highest BCUT2D eigenvalue weighted by molar-refractivity contribution is 7.91. The zero-order valence-electron chi connectivity index (χ0n) is 13.3. The van der Waals surface area contributed by atoms with Crippen LogP contribution in [0.3, 0.4) is 0 Å². The first-order valence-corrected chi connectivity index (χ1v) is 9.88. The smallest absolute Gasteiger partial charge is 0.224 e. The molecule has 0 saturated carbocycles. The Bertz CT molecular complexity index is 823. The van der Waals surface area contributed by atoms with Gasteiger partial charge in [-0.05, 0) is 30.4 Å². The number of para-hydroxylation sites is 1. The molecule has 1 saturated heterocycles. The molecule has 1 aliphatic rings. The second-order valence-electron chi connectivity index (χ2n) is 6.15. The zero-order chi connectivity index (χ0) is 16.4. The average molecular weight is 334 g/mol. The van der Waals surface area contributed by atoms with E-state index >= 15 is 0 Å². The molecule has 1 amide bonds.